The standard InChI is InChI=1S/C10H18O2/c1-7(2)6-8(11)9(12)10(3,4)5/h9,12H,1,6H2,2-5H3. The Morgan fingerprint density at radius 1 is 1.50 bits per heavy atom. The van der Waals surface area contributed by atoms with E-state index in [1.54, 1.807) is 6.92 Å². The van der Waals surface area contributed by atoms with Crippen LogP contribution in [-0.4, -0.2) is 17.0 Å². The molecule has 1 unspecified atom stereocenters. The van der Waals surface area contributed by atoms with E-state index in [2.05, 4.69) is 6.58 Å². The maximum atomic E-state index is 11.3. The molecule has 0 aromatic carbocycles. The van der Waals surface area contributed by atoms with Crippen LogP contribution in [0, 0.1) is 5.41 Å². The van der Waals surface area contributed by atoms with E-state index in [0.717, 1.165) is 5.57 Å². The minimum atomic E-state index is -0.880. The molecule has 2 heteroatoms. The molecule has 0 rings (SSSR count). The van der Waals surface area contributed by atoms with Crippen LogP contribution in [0.2, 0.25) is 0 Å². The van der Waals surface area contributed by atoms with Gasteiger partial charge in [0.2, 0.25) is 0 Å². The molecule has 0 aliphatic carbocycles. The van der Waals surface area contributed by atoms with Gasteiger partial charge in [-0.25, -0.2) is 0 Å². The van der Waals surface area contributed by atoms with E-state index < -0.39 is 6.10 Å². The molecule has 0 aromatic heterocycles. The van der Waals surface area contributed by atoms with Crippen LogP contribution in [0.25, 0.3) is 0 Å². The van der Waals surface area contributed by atoms with E-state index >= 15 is 0 Å². The van der Waals surface area contributed by atoms with E-state index in [1.165, 1.54) is 0 Å². The molecule has 0 aliphatic heterocycles. The summed E-state index contributed by atoms with van der Waals surface area (Å²) in [4.78, 5) is 11.3. The molecule has 70 valence electrons. The van der Waals surface area contributed by atoms with Crippen molar-refractivity contribution in [2.75, 3.05) is 0 Å². The Morgan fingerprint density at radius 2 is 1.92 bits per heavy atom. The van der Waals surface area contributed by atoms with Gasteiger partial charge in [0.15, 0.2) is 5.78 Å². The van der Waals surface area contributed by atoms with Crippen molar-refractivity contribution in [3.05, 3.63) is 12.2 Å². The first-order valence-corrected chi connectivity index (χ1v) is 4.10. The maximum absolute atomic E-state index is 11.3. The highest BCUT2D eigenvalue weighted by atomic mass is 16.3. The predicted molar refractivity (Wildman–Crippen MR) is 49.9 cm³/mol. The molecular weight excluding hydrogens is 152 g/mol. The van der Waals surface area contributed by atoms with Gasteiger partial charge in [0.25, 0.3) is 0 Å². The first-order chi connectivity index (χ1) is 5.25. The van der Waals surface area contributed by atoms with Gasteiger partial charge in [-0.15, -0.1) is 0 Å². The van der Waals surface area contributed by atoms with Crippen molar-refractivity contribution in [3.8, 4) is 0 Å². The third-order valence-electron chi connectivity index (χ3n) is 1.60. The second-order valence-electron chi connectivity index (χ2n) is 4.37. The molecule has 1 N–H and O–H groups in total. The Labute approximate surface area is 74.3 Å². The number of Topliss-reactive ketones (excluding diaryl/α,β-unsaturated/α-hetero) is 1. The van der Waals surface area contributed by atoms with Crippen LogP contribution in [0.15, 0.2) is 12.2 Å². The fraction of sp³-hybridized carbons (Fsp3) is 0.700. The number of rotatable bonds is 3. The van der Waals surface area contributed by atoms with Crippen molar-refractivity contribution < 1.29 is 9.90 Å². The van der Waals surface area contributed by atoms with Crippen molar-refractivity contribution in [3.63, 3.8) is 0 Å². The molecule has 0 saturated heterocycles. The number of aliphatic hydroxyl groups excluding tert-OH is 1. The van der Waals surface area contributed by atoms with Gasteiger partial charge in [-0.1, -0.05) is 32.9 Å². The van der Waals surface area contributed by atoms with Crippen LogP contribution < -0.4 is 0 Å². The van der Waals surface area contributed by atoms with Crippen LogP contribution in [0.1, 0.15) is 34.1 Å². The molecule has 0 bridgehead atoms. The van der Waals surface area contributed by atoms with E-state index in [9.17, 15) is 9.90 Å². The number of ketones is 1. The maximum Gasteiger partial charge on any atom is 0.165 e. The highest BCUT2D eigenvalue weighted by Crippen LogP contribution is 2.21. The molecule has 0 aromatic rings. The van der Waals surface area contributed by atoms with Crippen molar-refractivity contribution in [1.82, 2.24) is 0 Å². The smallest absolute Gasteiger partial charge is 0.165 e. The lowest BCUT2D eigenvalue weighted by atomic mass is 9.85. The molecule has 12 heavy (non-hydrogen) atoms. The third kappa shape index (κ3) is 3.67. The second kappa shape index (κ2) is 3.85. The zero-order chi connectivity index (χ0) is 9.94. The van der Waals surface area contributed by atoms with Gasteiger partial charge in [-0.05, 0) is 12.3 Å². The molecule has 2 nitrogen and oxygen atoms in total. The number of aliphatic hydroxyl groups is 1. The summed E-state index contributed by atoms with van der Waals surface area (Å²) in [6, 6.07) is 0. The summed E-state index contributed by atoms with van der Waals surface area (Å²) in [6.07, 6.45) is -0.604. The van der Waals surface area contributed by atoms with Gasteiger partial charge in [0.1, 0.15) is 6.10 Å². The Morgan fingerprint density at radius 3 is 2.17 bits per heavy atom. The number of carbonyl (C=O) groups excluding carboxylic acids is 1. The highest BCUT2D eigenvalue weighted by molar-refractivity contribution is 5.85. The van der Waals surface area contributed by atoms with Crippen LogP contribution in [0.5, 0.6) is 0 Å². The normalized spacial score (nSPS) is 14.1. The van der Waals surface area contributed by atoms with Crippen molar-refractivity contribution in [2.24, 2.45) is 5.41 Å². The lowest BCUT2D eigenvalue weighted by molar-refractivity contribution is -0.131. The van der Waals surface area contributed by atoms with Gasteiger partial charge in [0, 0.05) is 6.42 Å². The average molecular weight is 170 g/mol. The van der Waals surface area contributed by atoms with Gasteiger partial charge in [-0.2, -0.15) is 0 Å². The Balaban J connectivity index is 4.21. The Hall–Kier alpha value is -0.630. The average Bonchev–Trinajstić information content (AvgIpc) is 1.82. The van der Waals surface area contributed by atoms with Crippen molar-refractivity contribution in [2.45, 2.75) is 40.2 Å². The molecule has 0 aliphatic rings. The Kier molecular flexibility index (Phi) is 3.65. The molecule has 0 spiro atoms. The number of hydrogen-bond acceptors (Lipinski definition) is 2. The van der Waals surface area contributed by atoms with Crippen LogP contribution in [0.4, 0.5) is 0 Å². The van der Waals surface area contributed by atoms with Crippen LogP contribution in [0.3, 0.4) is 0 Å². The molecule has 0 heterocycles. The van der Waals surface area contributed by atoms with Crippen molar-refractivity contribution in [1.29, 1.82) is 0 Å². The lowest BCUT2D eigenvalue weighted by Crippen LogP contribution is -2.34. The van der Waals surface area contributed by atoms with Crippen molar-refractivity contribution >= 4 is 5.78 Å². The first-order valence-electron chi connectivity index (χ1n) is 4.10. The largest absolute Gasteiger partial charge is 0.385 e. The van der Waals surface area contributed by atoms with E-state index in [4.69, 9.17) is 0 Å². The molecule has 0 fully saturated rings. The molecule has 0 amide bonds. The van der Waals surface area contributed by atoms with E-state index in [1.807, 2.05) is 20.8 Å². The highest BCUT2D eigenvalue weighted by Gasteiger charge is 2.28. The summed E-state index contributed by atoms with van der Waals surface area (Å²) in [6.45, 7) is 10.9. The molecule has 0 radical (unpaired) electrons. The number of carbonyl (C=O) groups is 1. The quantitative estimate of drug-likeness (QED) is 0.657. The Bertz CT molecular complexity index is 187. The molecule has 1 atom stereocenters. The zero-order valence-electron chi connectivity index (χ0n) is 8.35. The van der Waals surface area contributed by atoms with E-state index in [0.29, 0.717) is 0 Å². The predicted octanol–water partition coefficient (Wildman–Crippen LogP) is 1.93. The molecule has 0 saturated carbocycles. The van der Waals surface area contributed by atoms with Gasteiger partial charge >= 0.3 is 0 Å². The van der Waals surface area contributed by atoms with Gasteiger partial charge in [-0.3, -0.25) is 4.79 Å². The fourth-order valence-corrected chi connectivity index (χ4v) is 0.877. The first kappa shape index (κ1) is 11.4. The summed E-state index contributed by atoms with van der Waals surface area (Å²) < 4.78 is 0. The summed E-state index contributed by atoms with van der Waals surface area (Å²) in [5.74, 6) is -0.144. The summed E-state index contributed by atoms with van der Waals surface area (Å²) in [5, 5.41) is 9.51. The molecular formula is C10H18O2. The topological polar surface area (TPSA) is 37.3 Å². The SMILES string of the molecule is C=C(C)CC(=O)C(O)C(C)(C)C. The van der Waals surface area contributed by atoms with Gasteiger partial charge < -0.3 is 5.11 Å². The summed E-state index contributed by atoms with van der Waals surface area (Å²) >= 11 is 0. The minimum absolute atomic E-state index is 0.144. The zero-order valence-corrected chi connectivity index (χ0v) is 8.35. The fourth-order valence-electron chi connectivity index (χ4n) is 0.877. The van der Waals surface area contributed by atoms with Crippen LogP contribution >= 0.6 is 0 Å². The second-order valence-corrected chi connectivity index (χ2v) is 4.37. The van der Waals surface area contributed by atoms with Gasteiger partial charge in [0.05, 0.1) is 0 Å². The van der Waals surface area contributed by atoms with Crippen LogP contribution in [-0.2, 0) is 4.79 Å². The third-order valence-corrected chi connectivity index (χ3v) is 1.60. The van der Waals surface area contributed by atoms with E-state index in [-0.39, 0.29) is 17.6 Å². The number of hydrogen-bond donors (Lipinski definition) is 1. The summed E-state index contributed by atoms with van der Waals surface area (Å²) in [5.41, 5.74) is 0.426. The number of allylic oxidation sites excluding steroid dienone is 1. The lowest BCUT2D eigenvalue weighted by Gasteiger charge is -2.24. The monoisotopic (exact) mass is 170 g/mol. The summed E-state index contributed by atoms with van der Waals surface area (Å²) in [7, 11) is 0. The minimum Gasteiger partial charge on any atom is -0.385 e.